The first-order valence-electron chi connectivity index (χ1n) is 9.69. The molecule has 1 heterocycles. The van der Waals surface area contributed by atoms with Gasteiger partial charge in [0.1, 0.15) is 12.4 Å². The molecule has 0 radical (unpaired) electrons. The Balaban J connectivity index is 1.74. The largest absolute Gasteiger partial charge is 0.492 e. The SMILES string of the molecule is C/C(=C\c1ccc(OCCN(C)C)cc1)c1ccc2c(c1)C(C)(C)CCS2. The van der Waals surface area contributed by atoms with Crippen LogP contribution in [0.5, 0.6) is 5.75 Å². The fourth-order valence-corrected chi connectivity index (χ4v) is 4.81. The Bertz CT molecular complexity index is 806. The molecular formula is C24H31NOS. The van der Waals surface area contributed by atoms with Crippen molar-refractivity contribution in [1.82, 2.24) is 4.90 Å². The van der Waals surface area contributed by atoms with Crippen LogP contribution in [0, 0.1) is 0 Å². The van der Waals surface area contributed by atoms with Gasteiger partial charge in [-0.2, -0.15) is 0 Å². The van der Waals surface area contributed by atoms with E-state index in [4.69, 9.17) is 4.74 Å². The number of hydrogen-bond donors (Lipinski definition) is 0. The summed E-state index contributed by atoms with van der Waals surface area (Å²) in [5.41, 5.74) is 5.58. The molecule has 27 heavy (non-hydrogen) atoms. The summed E-state index contributed by atoms with van der Waals surface area (Å²) in [6.45, 7) is 8.57. The Morgan fingerprint density at radius 1 is 1.15 bits per heavy atom. The second-order valence-corrected chi connectivity index (χ2v) is 9.38. The zero-order valence-electron chi connectivity index (χ0n) is 17.2. The number of thioether (sulfide) groups is 1. The highest BCUT2D eigenvalue weighted by molar-refractivity contribution is 7.99. The molecule has 0 unspecified atom stereocenters. The Labute approximate surface area is 168 Å². The van der Waals surface area contributed by atoms with E-state index < -0.39 is 0 Å². The molecule has 1 aliphatic rings. The van der Waals surface area contributed by atoms with Crippen molar-refractivity contribution in [2.45, 2.75) is 37.5 Å². The van der Waals surface area contributed by atoms with E-state index in [2.05, 4.69) is 88.3 Å². The van der Waals surface area contributed by atoms with Crippen molar-refractivity contribution in [2.75, 3.05) is 33.0 Å². The molecule has 0 aromatic heterocycles. The number of hydrogen-bond acceptors (Lipinski definition) is 3. The van der Waals surface area contributed by atoms with Crippen molar-refractivity contribution in [3.8, 4) is 5.75 Å². The molecule has 2 aromatic rings. The van der Waals surface area contributed by atoms with Gasteiger partial charge < -0.3 is 9.64 Å². The van der Waals surface area contributed by atoms with Gasteiger partial charge in [-0.1, -0.05) is 38.1 Å². The first-order valence-corrected chi connectivity index (χ1v) is 10.7. The lowest BCUT2D eigenvalue weighted by Gasteiger charge is -2.32. The van der Waals surface area contributed by atoms with E-state index in [1.54, 1.807) is 0 Å². The van der Waals surface area contributed by atoms with Crippen molar-refractivity contribution < 1.29 is 4.74 Å². The summed E-state index contributed by atoms with van der Waals surface area (Å²) in [6.07, 6.45) is 3.50. The molecule has 144 valence electrons. The van der Waals surface area contributed by atoms with Crippen molar-refractivity contribution in [3.05, 3.63) is 59.2 Å². The molecular weight excluding hydrogens is 350 g/mol. The van der Waals surface area contributed by atoms with E-state index in [0.717, 1.165) is 12.3 Å². The lowest BCUT2D eigenvalue weighted by Crippen LogP contribution is -2.22. The van der Waals surface area contributed by atoms with Gasteiger partial charge >= 0.3 is 0 Å². The third kappa shape index (κ3) is 5.18. The van der Waals surface area contributed by atoms with E-state index in [-0.39, 0.29) is 5.41 Å². The Hall–Kier alpha value is -1.71. The minimum absolute atomic E-state index is 0.266. The quantitative estimate of drug-likeness (QED) is 0.573. The van der Waals surface area contributed by atoms with Gasteiger partial charge in [0, 0.05) is 11.4 Å². The van der Waals surface area contributed by atoms with Crippen LogP contribution in [0.1, 0.15) is 43.9 Å². The summed E-state index contributed by atoms with van der Waals surface area (Å²) < 4.78 is 5.78. The standard InChI is InChI=1S/C24H31NOS/c1-18(16-19-6-9-21(10-7-19)26-14-13-25(4)5)20-8-11-23-22(17-20)24(2,3)12-15-27-23/h6-11,16-17H,12-15H2,1-5H3/b18-16+. The zero-order chi connectivity index (χ0) is 19.4. The number of fused-ring (bicyclic) bond motifs is 1. The average molecular weight is 382 g/mol. The molecule has 0 amide bonds. The lowest BCUT2D eigenvalue weighted by atomic mass is 9.80. The summed E-state index contributed by atoms with van der Waals surface area (Å²) in [7, 11) is 4.11. The minimum atomic E-state index is 0.266. The summed E-state index contributed by atoms with van der Waals surface area (Å²) in [5.74, 6) is 2.15. The minimum Gasteiger partial charge on any atom is -0.492 e. The Kier molecular flexibility index (Phi) is 6.33. The highest BCUT2D eigenvalue weighted by atomic mass is 32.2. The smallest absolute Gasteiger partial charge is 0.119 e. The topological polar surface area (TPSA) is 12.5 Å². The molecule has 0 N–H and O–H groups in total. The molecule has 0 atom stereocenters. The van der Waals surface area contributed by atoms with Crippen LogP contribution in [-0.2, 0) is 5.41 Å². The second-order valence-electron chi connectivity index (χ2n) is 8.24. The van der Waals surface area contributed by atoms with Gasteiger partial charge in [0.2, 0.25) is 0 Å². The van der Waals surface area contributed by atoms with Gasteiger partial charge in [0.15, 0.2) is 0 Å². The number of benzene rings is 2. The number of allylic oxidation sites excluding steroid dienone is 1. The van der Waals surface area contributed by atoms with Crippen LogP contribution in [0.15, 0.2) is 47.4 Å². The molecule has 2 nitrogen and oxygen atoms in total. The van der Waals surface area contributed by atoms with E-state index in [9.17, 15) is 0 Å². The van der Waals surface area contributed by atoms with Crippen LogP contribution in [-0.4, -0.2) is 37.9 Å². The molecule has 2 aromatic carbocycles. The molecule has 1 aliphatic heterocycles. The maximum absolute atomic E-state index is 5.78. The second kappa shape index (κ2) is 8.53. The number of likely N-dealkylation sites (N-methyl/N-ethyl adjacent to an activating group) is 1. The Morgan fingerprint density at radius 2 is 1.89 bits per heavy atom. The van der Waals surface area contributed by atoms with Crippen molar-refractivity contribution in [3.63, 3.8) is 0 Å². The highest BCUT2D eigenvalue weighted by Gasteiger charge is 2.27. The van der Waals surface area contributed by atoms with Crippen LogP contribution in [0.25, 0.3) is 11.6 Å². The lowest BCUT2D eigenvalue weighted by molar-refractivity contribution is 0.261. The van der Waals surface area contributed by atoms with Gasteiger partial charge in [-0.3, -0.25) is 0 Å². The predicted molar refractivity (Wildman–Crippen MR) is 119 cm³/mol. The van der Waals surface area contributed by atoms with Gasteiger partial charge in [-0.05, 0) is 85.1 Å². The highest BCUT2D eigenvalue weighted by Crippen LogP contribution is 2.42. The van der Waals surface area contributed by atoms with Crippen molar-refractivity contribution >= 4 is 23.4 Å². The third-order valence-electron chi connectivity index (χ3n) is 5.22. The first-order chi connectivity index (χ1) is 12.8. The van der Waals surface area contributed by atoms with Crippen molar-refractivity contribution in [1.29, 1.82) is 0 Å². The van der Waals surface area contributed by atoms with Gasteiger partial charge in [-0.15, -0.1) is 11.8 Å². The molecule has 0 spiro atoms. The molecule has 0 aliphatic carbocycles. The van der Waals surface area contributed by atoms with Crippen LogP contribution in [0.4, 0.5) is 0 Å². The van der Waals surface area contributed by atoms with Crippen molar-refractivity contribution in [2.24, 2.45) is 0 Å². The van der Waals surface area contributed by atoms with Gasteiger partial charge in [0.25, 0.3) is 0 Å². The monoisotopic (exact) mass is 381 g/mol. The number of nitrogens with zero attached hydrogens (tertiary/aromatic N) is 1. The summed E-state index contributed by atoms with van der Waals surface area (Å²) >= 11 is 1.99. The molecule has 3 rings (SSSR count). The Morgan fingerprint density at radius 3 is 2.59 bits per heavy atom. The van der Waals surface area contributed by atoms with Crippen LogP contribution < -0.4 is 4.74 Å². The van der Waals surface area contributed by atoms with Gasteiger partial charge in [-0.25, -0.2) is 0 Å². The van der Waals surface area contributed by atoms with E-state index in [1.807, 2.05) is 11.8 Å². The predicted octanol–water partition coefficient (Wildman–Crippen LogP) is 5.96. The summed E-state index contributed by atoms with van der Waals surface area (Å²) in [4.78, 5) is 3.57. The molecule has 0 fully saturated rings. The summed E-state index contributed by atoms with van der Waals surface area (Å²) in [5, 5.41) is 0. The fraction of sp³-hybridized carbons (Fsp3) is 0.417. The van der Waals surface area contributed by atoms with E-state index in [1.165, 1.54) is 39.3 Å². The zero-order valence-corrected chi connectivity index (χ0v) is 18.0. The molecule has 0 bridgehead atoms. The van der Waals surface area contributed by atoms with Gasteiger partial charge in [0.05, 0.1) is 0 Å². The van der Waals surface area contributed by atoms with E-state index in [0.29, 0.717) is 6.61 Å². The van der Waals surface area contributed by atoms with Crippen LogP contribution in [0.3, 0.4) is 0 Å². The van der Waals surface area contributed by atoms with E-state index >= 15 is 0 Å². The van der Waals surface area contributed by atoms with Crippen LogP contribution in [0.2, 0.25) is 0 Å². The maximum atomic E-state index is 5.78. The maximum Gasteiger partial charge on any atom is 0.119 e. The summed E-state index contributed by atoms with van der Waals surface area (Å²) in [6, 6.07) is 15.3. The number of ether oxygens (including phenoxy) is 1. The number of rotatable bonds is 6. The fourth-order valence-electron chi connectivity index (χ4n) is 3.32. The molecule has 0 saturated carbocycles. The normalized spacial score (nSPS) is 16.3. The average Bonchev–Trinajstić information content (AvgIpc) is 2.62. The molecule has 3 heteroatoms. The molecule has 0 saturated heterocycles. The third-order valence-corrected chi connectivity index (χ3v) is 6.29. The van der Waals surface area contributed by atoms with Crippen LogP contribution >= 0.6 is 11.8 Å². The first kappa shape index (κ1) is 20.0.